The Morgan fingerprint density at radius 2 is 1.76 bits per heavy atom. The van der Waals surface area contributed by atoms with Gasteiger partial charge >= 0.3 is 0 Å². The number of hydrogen-bond acceptors (Lipinski definition) is 5. The standard InChI is InChI=1S/C24H22FN3O4S/c1-17(29)27-24(19-7-6-8-21(15-19)32-2)16-23(26-27)18-11-13-20(14-12-18)28(25)33(30,31)22-9-4-3-5-10-22/h3-15,24H,16H2,1-2H3. The highest BCUT2D eigenvalue weighted by Crippen LogP contribution is 2.34. The quantitative estimate of drug-likeness (QED) is 0.501. The van der Waals surface area contributed by atoms with Crippen LogP contribution < -0.4 is 9.26 Å². The van der Waals surface area contributed by atoms with Crippen LogP contribution in [0.2, 0.25) is 0 Å². The molecule has 0 spiro atoms. The summed E-state index contributed by atoms with van der Waals surface area (Å²) < 4.78 is 44.9. The number of amides is 1. The fraction of sp³-hybridized carbons (Fsp3) is 0.167. The maximum atomic E-state index is 14.8. The average Bonchev–Trinajstić information content (AvgIpc) is 3.30. The van der Waals surface area contributed by atoms with Gasteiger partial charge in [-0.25, -0.2) is 5.01 Å². The summed E-state index contributed by atoms with van der Waals surface area (Å²) in [7, 11) is -2.75. The molecule has 0 aromatic heterocycles. The van der Waals surface area contributed by atoms with Crippen LogP contribution >= 0.6 is 0 Å². The summed E-state index contributed by atoms with van der Waals surface area (Å²) in [6.07, 6.45) is 0.452. The Balaban J connectivity index is 1.58. The molecule has 1 aliphatic rings. The van der Waals surface area contributed by atoms with Crippen molar-refractivity contribution in [2.75, 3.05) is 11.6 Å². The second kappa shape index (κ2) is 9.03. The third kappa shape index (κ3) is 4.45. The summed E-state index contributed by atoms with van der Waals surface area (Å²) in [4.78, 5) is 12.1. The largest absolute Gasteiger partial charge is 0.497 e. The van der Waals surface area contributed by atoms with Gasteiger partial charge in [0.2, 0.25) is 5.91 Å². The van der Waals surface area contributed by atoms with Crippen LogP contribution in [0.5, 0.6) is 5.75 Å². The third-order valence-electron chi connectivity index (χ3n) is 5.37. The highest BCUT2D eigenvalue weighted by Gasteiger charge is 2.32. The van der Waals surface area contributed by atoms with E-state index in [0.29, 0.717) is 23.4 Å². The van der Waals surface area contributed by atoms with Gasteiger partial charge in [-0.05, 0) is 47.5 Å². The van der Waals surface area contributed by atoms with Crippen LogP contribution in [0.3, 0.4) is 0 Å². The highest BCUT2D eigenvalue weighted by molar-refractivity contribution is 7.92. The number of halogens is 1. The first-order valence-corrected chi connectivity index (χ1v) is 11.6. The molecule has 0 saturated carbocycles. The molecule has 0 fully saturated rings. The summed E-state index contributed by atoms with van der Waals surface area (Å²) in [5, 5.41) is 5.89. The monoisotopic (exact) mass is 467 g/mol. The first-order chi connectivity index (χ1) is 15.8. The molecule has 1 aliphatic heterocycles. The number of hydrazone groups is 1. The summed E-state index contributed by atoms with van der Waals surface area (Å²) >= 11 is 0. The Hall–Kier alpha value is -3.72. The molecule has 0 saturated heterocycles. The second-order valence-corrected chi connectivity index (χ2v) is 9.23. The minimum atomic E-state index is -4.32. The molecular weight excluding hydrogens is 445 g/mol. The SMILES string of the molecule is COc1cccc(C2CC(c3ccc(N(F)S(=O)(=O)c4ccccc4)cc3)=NN2C(C)=O)c1. The molecule has 7 nitrogen and oxygen atoms in total. The smallest absolute Gasteiger partial charge is 0.290 e. The molecule has 33 heavy (non-hydrogen) atoms. The zero-order valence-electron chi connectivity index (χ0n) is 18.1. The van der Waals surface area contributed by atoms with Gasteiger partial charge in [0.25, 0.3) is 10.0 Å². The van der Waals surface area contributed by atoms with Gasteiger partial charge in [-0.15, -0.1) is 0 Å². The molecule has 0 bridgehead atoms. The fourth-order valence-corrected chi connectivity index (χ4v) is 4.76. The lowest BCUT2D eigenvalue weighted by atomic mass is 9.98. The molecule has 9 heteroatoms. The number of sulfonamides is 1. The van der Waals surface area contributed by atoms with Crippen LogP contribution in [0.25, 0.3) is 0 Å². The van der Waals surface area contributed by atoms with E-state index in [9.17, 15) is 17.7 Å². The van der Waals surface area contributed by atoms with E-state index in [2.05, 4.69) is 5.10 Å². The lowest BCUT2D eigenvalue weighted by Crippen LogP contribution is -2.24. The first kappa shape index (κ1) is 22.5. The molecule has 1 amide bonds. The summed E-state index contributed by atoms with van der Waals surface area (Å²) in [6.45, 7) is 1.44. The van der Waals surface area contributed by atoms with Crippen LogP contribution in [0.4, 0.5) is 10.2 Å². The van der Waals surface area contributed by atoms with Crippen molar-refractivity contribution in [2.24, 2.45) is 5.10 Å². The predicted octanol–water partition coefficient (Wildman–Crippen LogP) is 4.47. The van der Waals surface area contributed by atoms with Crippen molar-refractivity contribution in [2.45, 2.75) is 24.3 Å². The number of benzene rings is 3. The van der Waals surface area contributed by atoms with Gasteiger partial charge < -0.3 is 4.74 Å². The van der Waals surface area contributed by atoms with E-state index in [1.807, 2.05) is 24.3 Å². The molecule has 1 unspecified atom stereocenters. The van der Waals surface area contributed by atoms with Crippen molar-refractivity contribution in [3.05, 3.63) is 90.0 Å². The van der Waals surface area contributed by atoms with Crippen molar-refractivity contribution in [3.63, 3.8) is 0 Å². The zero-order chi connectivity index (χ0) is 23.6. The number of carbonyl (C=O) groups is 1. The van der Waals surface area contributed by atoms with Gasteiger partial charge in [0.05, 0.1) is 29.4 Å². The topological polar surface area (TPSA) is 79.3 Å². The van der Waals surface area contributed by atoms with E-state index in [1.54, 1.807) is 25.3 Å². The minimum Gasteiger partial charge on any atom is -0.497 e. The van der Waals surface area contributed by atoms with Crippen molar-refractivity contribution < 1.29 is 22.4 Å². The van der Waals surface area contributed by atoms with Crippen LogP contribution in [-0.2, 0) is 14.8 Å². The van der Waals surface area contributed by atoms with E-state index in [-0.39, 0.29) is 27.1 Å². The first-order valence-electron chi connectivity index (χ1n) is 10.2. The van der Waals surface area contributed by atoms with Crippen LogP contribution in [0.1, 0.15) is 30.5 Å². The minimum absolute atomic E-state index is 0.131. The van der Waals surface area contributed by atoms with Gasteiger partial charge in [0, 0.05) is 13.3 Å². The summed E-state index contributed by atoms with van der Waals surface area (Å²) in [6, 6.07) is 20.4. The van der Waals surface area contributed by atoms with Crippen molar-refractivity contribution in [1.82, 2.24) is 5.01 Å². The van der Waals surface area contributed by atoms with Crippen molar-refractivity contribution in [3.8, 4) is 5.75 Å². The van der Waals surface area contributed by atoms with Gasteiger partial charge in [0.1, 0.15) is 5.75 Å². The van der Waals surface area contributed by atoms with E-state index >= 15 is 0 Å². The Labute approximate surface area is 191 Å². The summed E-state index contributed by atoms with van der Waals surface area (Å²) in [5.41, 5.74) is 2.06. The van der Waals surface area contributed by atoms with Gasteiger partial charge in [-0.3, -0.25) is 4.79 Å². The molecular formula is C24H22FN3O4S. The van der Waals surface area contributed by atoms with Gasteiger partial charge in [-0.1, -0.05) is 51.5 Å². The lowest BCUT2D eigenvalue weighted by Gasteiger charge is -2.20. The Kier molecular flexibility index (Phi) is 6.15. The summed E-state index contributed by atoms with van der Waals surface area (Å²) in [5.74, 6) is 0.467. The van der Waals surface area contributed by atoms with Crippen LogP contribution in [0.15, 0.2) is 88.9 Å². The predicted molar refractivity (Wildman–Crippen MR) is 123 cm³/mol. The highest BCUT2D eigenvalue weighted by atomic mass is 32.2. The fourth-order valence-electron chi connectivity index (χ4n) is 3.68. The van der Waals surface area contributed by atoms with Crippen molar-refractivity contribution in [1.29, 1.82) is 0 Å². The van der Waals surface area contributed by atoms with Crippen LogP contribution in [0, 0.1) is 0 Å². The molecule has 0 aliphatic carbocycles. The molecule has 0 radical (unpaired) electrons. The Morgan fingerprint density at radius 1 is 1.06 bits per heavy atom. The molecule has 3 aromatic carbocycles. The number of nitrogens with zero attached hydrogens (tertiary/aromatic N) is 3. The maximum absolute atomic E-state index is 14.8. The van der Waals surface area contributed by atoms with E-state index in [1.165, 1.54) is 48.3 Å². The molecule has 0 N–H and O–H groups in total. The van der Waals surface area contributed by atoms with E-state index in [0.717, 1.165) is 5.56 Å². The van der Waals surface area contributed by atoms with E-state index < -0.39 is 10.0 Å². The van der Waals surface area contributed by atoms with Gasteiger partial charge in [-0.2, -0.15) is 13.5 Å². The Bertz CT molecular complexity index is 1290. The van der Waals surface area contributed by atoms with Crippen molar-refractivity contribution >= 4 is 27.3 Å². The number of hydrogen-bond donors (Lipinski definition) is 0. The molecule has 4 rings (SSSR count). The van der Waals surface area contributed by atoms with E-state index in [4.69, 9.17) is 4.74 Å². The number of ether oxygens (including phenoxy) is 1. The molecule has 1 atom stereocenters. The molecule has 3 aromatic rings. The molecule has 1 heterocycles. The third-order valence-corrected chi connectivity index (χ3v) is 6.87. The molecule has 170 valence electrons. The Morgan fingerprint density at radius 3 is 2.39 bits per heavy atom. The normalized spacial score (nSPS) is 15.8. The number of rotatable bonds is 6. The average molecular weight is 468 g/mol. The van der Waals surface area contributed by atoms with Crippen LogP contribution in [-0.4, -0.2) is 32.2 Å². The number of anilines is 1. The lowest BCUT2D eigenvalue weighted by molar-refractivity contribution is -0.130. The maximum Gasteiger partial charge on any atom is 0.290 e. The number of methoxy groups -OCH3 is 1. The number of carbonyl (C=O) groups excluding carboxylic acids is 1. The van der Waals surface area contributed by atoms with Gasteiger partial charge in [0.15, 0.2) is 0 Å². The second-order valence-electron chi connectivity index (χ2n) is 7.49. The zero-order valence-corrected chi connectivity index (χ0v) is 18.9.